The van der Waals surface area contributed by atoms with E-state index >= 15 is 0 Å². The summed E-state index contributed by atoms with van der Waals surface area (Å²) in [4.78, 5) is 16.1. The lowest BCUT2D eigenvalue weighted by atomic mass is 10.2. The van der Waals surface area contributed by atoms with Crippen molar-refractivity contribution in [3.8, 4) is 0 Å². The van der Waals surface area contributed by atoms with Crippen LogP contribution in [0.3, 0.4) is 0 Å². The molecule has 2 heterocycles. The molecule has 0 aliphatic carbocycles. The second-order valence-electron chi connectivity index (χ2n) is 3.93. The normalized spacial score (nSPS) is 10.2. The average Bonchev–Trinajstić information content (AvgIpc) is 2.82. The molecule has 0 aliphatic heterocycles. The van der Waals surface area contributed by atoms with Crippen LogP contribution in [0.25, 0.3) is 0 Å². The van der Waals surface area contributed by atoms with Gasteiger partial charge in [-0.1, -0.05) is 12.0 Å². The summed E-state index contributed by atoms with van der Waals surface area (Å²) in [6, 6.07) is 1.72. The van der Waals surface area contributed by atoms with Crippen LogP contribution in [0.2, 0.25) is 0 Å². The second kappa shape index (κ2) is 5.94. The number of nitrogens with one attached hydrogen (secondary N) is 2. The third-order valence-corrected chi connectivity index (χ3v) is 2.38. The molecule has 7 nitrogen and oxygen atoms in total. The molecule has 0 atom stereocenters. The molecule has 7 heteroatoms. The minimum absolute atomic E-state index is 0.0840. The van der Waals surface area contributed by atoms with E-state index in [0.717, 1.165) is 13.0 Å². The largest absolute Gasteiger partial charge is 0.408 e. The van der Waals surface area contributed by atoms with Crippen molar-refractivity contribution >= 4 is 17.6 Å². The molecular weight excluding hydrogens is 246 g/mol. The van der Waals surface area contributed by atoms with Gasteiger partial charge >= 0.3 is 6.01 Å². The maximum atomic E-state index is 12.1. The Kier molecular flexibility index (Phi) is 4.07. The van der Waals surface area contributed by atoms with E-state index in [-0.39, 0.29) is 11.9 Å². The van der Waals surface area contributed by atoms with Crippen LogP contribution in [0.1, 0.15) is 29.6 Å². The number of carbonyl (C=O) groups is 1. The third kappa shape index (κ3) is 3.27. The van der Waals surface area contributed by atoms with Gasteiger partial charge in [-0.25, -0.2) is 0 Å². The molecule has 0 aliphatic rings. The second-order valence-corrected chi connectivity index (χ2v) is 3.93. The van der Waals surface area contributed by atoms with Crippen LogP contribution in [-0.4, -0.2) is 27.6 Å². The summed E-state index contributed by atoms with van der Waals surface area (Å²) in [6.45, 7) is 4.47. The molecule has 0 aromatic carbocycles. The lowest BCUT2D eigenvalue weighted by Gasteiger charge is -2.09. The van der Waals surface area contributed by atoms with Crippen molar-refractivity contribution in [2.24, 2.45) is 0 Å². The van der Waals surface area contributed by atoms with Gasteiger partial charge in [-0.15, -0.1) is 5.10 Å². The fourth-order valence-corrected chi connectivity index (χ4v) is 1.50. The summed E-state index contributed by atoms with van der Waals surface area (Å²) in [5.41, 5.74) is 1.16. The summed E-state index contributed by atoms with van der Waals surface area (Å²) >= 11 is 0. The lowest BCUT2D eigenvalue weighted by Crippen LogP contribution is -2.15. The van der Waals surface area contributed by atoms with Gasteiger partial charge in [-0.05, 0) is 12.5 Å². The van der Waals surface area contributed by atoms with Crippen LogP contribution in [0, 0.1) is 6.92 Å². The molecule has 0 radical (unpaired) electrons. The molecule has 0 spiro atoms. The average molecular weight is 261 g/mol. The van der Waals surface area contributed by atoms with Crippen molar-refractivity contribution in [2.75, 3.05) is 17.2 Å². The predicted octanol–water partition coefficient (Wildman–Crippen LogP) is 1.85. The van der Waals surface area contributed by atoms with E-state index in [1.54, 1.807) is 25.4 Å². The highest BCUT2D eigenvalue weighted by atomic mass is 16.4. The number of amides is 1. The molecule has 0 fully saturated rings. The zero-order valence-corrected chi connectivity index (χ0v) is 10.8. The van der Waals surface area contributed by atoms with E-state index in [1.165, 1.54) is 0 Å². The van der Waals surface area contributed by atoms with Crippen LogP contribution in [0.4, 0.5) is 11.7 Å². The highest BCUT2D eigenvalue weighted by Crippen LogP contribution is 2.15. The number of aryl methyl sites for hydroxylation is 1. The maximum Gasteiger partial charge on any atom is 0.322 e. The van der Waals surface area contributed by atoms with Crippen molar-refractivity contribution in [3.63, 3.8) is 0 Å². The van der Waals surface area contributed by atoms with Gasteiger partial charge < -0.3 is 9.73 Å². The zero-order chi connectivity index (χ0) is 13.7. The minimum Gasteiger partial charge on any atom is -0.408 e. The Hall–Kier alpha value is -2.44. The van der Waals surface area contributed by atoms with Crippen molar-refractivity contribution in [2.45, 2.75) is 20.3 Å². The van der Waals surface area contributed by atoms with Crippen LogP contribution >= 0.6 is 0 Å². The van der Waals surface area contributed by atoms with E-state index in [1.807, 2.05) is 6.92 Å². The first-order chi connectivity index (χ1) is 9.20. The molecule has 2 aromatic rings. The van der Waals surface area contributed by atoms with E-state index in [2.05, 4.69) is 25.8 Å². The monoisotopic (exact) mass is 261 g/mol. The number of hydrogen-bond acceptors (Lipinski definition) is 6. The fourth-order valence-electron chi connectivity index (χ4n) is 1.50. The van der Waals surface area contributed by atoms with Crippen molar-refractivity contribution < 1.29 is 9.21 Å². The van der Waals surface area contributed by atoms with Crippen molar-refractivity contribution in [1.29, 1.82) is 0 Å². The summed E-state index contributed by atoms with van der Waals surface area (Å²) < 4.78 is 5.11. The molecule has 0 saturated heterocycles. The van der Waals surface area contributed by atoms with Gasteiger partial charge in [-0.2, -0.15) is 0 Å². The van der Waals surface area contributed by atoms with E-state index in [9.17, 15) is 4.79 Å². The van der Waals surface area contributed by atoms with Gasteiger partial charge in [0.15, 0.2) is 0 Å². The van der Waals surface area contributed by atoms with Gasteiger partial charge in [-0.3, -0.25) is 15.1 Å². The Morgan fingerprint density at radius 3 is 2.95 bits per heavy atom. The number of hydrogen-bond donors (Lipinski definition) is 2. The van der Waals surface area contributed by atoms with Gasteiger partial charge in [0.25, 0.3) is 5.91 Å². The first-order valence-electron chi connectivity index (χ1n) is 6.00. The molecule has 0 unspecified atom stereocenters. The van der Waals surface area contributed by atoms with Gasteiger partial charge in [0.1, 0.15) is 0 Å². The van der Waals surface area contributed by atoms with Crippen LogP contribution in [-0.2, 0) is 0 Å². The highest BCUT2D eigenvalue weighted by Gasteiger charge is 2.14. The van der Waals surface area contributed by atoms with E-state index in [0.29, 0.717) is 17.1 Å². The highest BCUT2D eigenvalue weighted by molar-refractivity contribution is 6.06. The van der Waals surface area contributed by atoms with E-state index in [4.69, 9.17) is 4.42 Å². The molecule has 2 N–H and O–H groups in total. The van der Waals surface area contributed by atoms with Crippen LogP contribution < -0.4 is 10.6 Å². The Morgan fingerprint density at radius 2 is 2.26 bits per heavy atom. The SMILES string of the molecule is CCCNc1cnccc1C(=O)Nc1nnc(C)o1. The molecule has 0 saturated carbocycles. The van der Waals surface area contributed by atoms with Crippen molar-refractivity contribution in [3.05, 3.63) is 29.9 Å². The molecule has 19 heavy (non-hydrogen) atoms. The molecule has 2 aromatic heterocycles. The molecule has 1 amide bonds. The summed E-state index contributed by atoms with van der Waals surface area (Å²) in [5, 5.41) is 13.1. The standard InChI is InChI=1S/C12H15N5O2/c1-3-5-14-10-7-13-6-4-9(10)11(18)15-12-17-16-8(2)19-12/h4,6-7,14H,3,5H2,1-2H3,(H,15,17,18). The third-order valence-electron chi connectivity index (χ3n) is 2.38. The number of pyridine rings is 1. The number of nitrogens with zero attached hydrogens (tertiary/aromatic N) is 3. The number of aromatic nitrogens is 3. The Labute approximate surface area is 110 Å². The predicted molar refractivity (Wildman–Crippen MR) is 70.0 cm³/mol. The van der Waals surface area contributed by atoms with Crippen molar-refractivity contribution in [1.82, 2.24) is 15.2 Å². The fraction of sp³-hybridized carbons (Fsp3) is 0.333. The van der Waals surface area contributed by atoms with E-state index < -0.39 is 0 Å². The first-order valence-corrected chi connectivity index (χ1v) is 6.00. The van der Waals surface area contributed by atoms with Gasteiger partial charge in [0.2, 0.25) is 5.89 Å². The van der Waals surface area contributed by atoms with Crippen LogP contribution in [0.15, 0.2) is 22.9 Å². The summed E-state index contributed by atoms with van der Waals surface area (Å²) in [5.74, 6) is 0.0824. The van der Waals surface area contributed by atoms with Gasteiger partial charge in [0.05, 0.1) is 17.4 Å². The lowest BCUT2D eigenvalue weighted by molar-refractivity contribution is 0.102. The summed E-state index contributed by atoms with van der Waals surface area (Å²) in [6.07, 6.45) is 4.13. The number of anilines is 2. The molecule has 100 valence electrons. The van der Waals surface area contributed by atoms with Gasteiger partial charge in [0, 0.05) is 19.7 Å². The smallest absolute Gasteiger partial charge is 0.322 e. The minimum atomic E-state index is -0.315. The zero-order valence-electron chi connectivity index (χ0n) is 10.8. The van der Waals surface area contributed by atoms with Crippen LogP contribution in [0.5, 0.6) is 0 Å². The Bertz CT molecular complexity index is 567. The molecular formula is C12H15N5O2. The molecule has 0 bridgehead atoms. The molecule has 2 rings (SSSR count). The Balaban J connectivity index is 2.14. The maximum absolute atomic E-state index is 12.1. The topological polar surface area (TPSA) is 92.9 Å². The number of carbonyl (C=O) groups excluding carboxylic acids is 1. The summed E-state index contributed by atoms with van der Waals surface area (Å²) in [7, 11) is 0. The first kappa shape index (κ1) is 13.0. The quantitative estimate of drug-likeness (QED) is 0.853. The Morgan fingerprint density at radius 1 is 1.42 bits per heavy atom. The number of rotatable bonds is 5.